The molecule has 0 bridgehead atoms. The number of benzene rings is 1. The van der Waals surface area contributed by atoms with E-state index in [0.29, 0.717) is 6.42 Å². The van der Waals surface area contributed by atoms with Crippen molar-refractivity contribution in [3.8, 4) is 0 Å². The Kier molecular flexibility index (Phi) is 4.14. The second-order valence-corrected chi connectivity index (χ2v) is 9.70. The van der Waals surface area contributed by atoms with Crippen LogP contribution in [0, 0.1) is 16.2 Å². The summed E-state index contributed by atoms with van der Waals surface area (Å²) in [7, 11) is -4.38. The second-order valence-electron chi connectivity index (χ2n) is 8.31. The summed E-state index contributed by atoms with van der Waals surface area (Å²) in [4.78, 5) is 12.6. The van der Waals surface area contributed by atoms with Gasteiger partial charge in [-0.25, -0.2) is 0 Å². The van der Waals surface area contributed by atoms with E-state index < -0.39 is 15.5 Å². The van der Waals surface area contributed by atoms with Crippen LogP contribution >= 0.6 is 0 Å². The summed E-state index contributed by atoms with van der Waals surface area (Å²) in [6.45, 7) is 10.4. The molecule has 1 aliphatic carbocycles. The van der Waals surface area contributed by atoms with Crippen LogP contribution in [0.25, 0.3) is 0 Å². The molecule has 2 N–H and O–H groups in total. The van der Waals surface area contributed by atoms with Gasteiger partial charge in [0.25, 0.3) is 10.1 Å². The van der Waals surface area contributed by atoms with Gasteiger partial charge in [-0.1, -0.05) is 46.8 Å². The third kappa shape index (κ3) is 3.58. The molecule has 0 spiro atoms. The molecule has 6 heteroatoms. The van der Waals surface area contributed by atoms with E-state index in [1.54, 1.807) is 6.07 Å². The molecule has 1 fully saturated rings. The van der Waals surface area contributed by atoms with Gasteiger partial charge in [0.05, 0.1) is 11.1 Å². The molecule has 0 aromatic heterocycles. The van der Waals surface area contributed by atoms with Crippen molar-refractivity contribution in [2.24, 2.45) is 16.2 Å². The number of rotatable bonds is 4. The lowest BCUT2D eigenvalue weighted by molar-refractivity contribution is -0.123. The van der Waals surface area contributed by atoms with E-state index in [0.717, 1.165) is 6.42 Å². The highest BCUT2D eigenvalue weighted by Gasteiger charge is 2.66. The largest absolute Gasteiger partial charge is 0.324 e. The number of para-hydroxylation sites is 1. The molecule has 23 heavy (non-hydrogen) atoms. The molecule has 0 saturated heterocycles. The fraction of sp³-hybridized carbons (Fsp3) is 0.588. The molecule has 1 unspecified atom stereocenters. The highest BCUT2D eigenvalue weighted by Crippen LogP contribution is 2.68. The summed E-state index contributed by atoms with van der Waals surface area (Å²) in [6.07, 6.45) is 1.48. The highest BCUT2D eigenvalue weighted by atomic mass is 32.2. The Labute approximate surface area is 138 Å². The normalized spacial score (nSPS) is 23.4. The van der Waals surface area contributed by atoms with E-state index in [-0.39, 0.29) is 27.3 Å². The van der Waals surface area contributed by atoms with Crippen LogP contribution in [-0.4, -0.2) is 18.9 Å². The smallest absolute Gasteiger partial charge is 0.296 e. The highest BCUT2D eigenvalue weighted by molar-refractivity contribution is 7.86. The van der Waals surface area contributed by atoms with Crippen LogP contribution in [0.15, 0.2) is 29.2 Å². The van der Waals surface area contributed by atoms with Crippen LogP contribution in [0.5, 0.6) is 0 Å². The molecule has 0 aliphatic heterocycles. The molecule has 0 heterocycles. The third-order valence-electron chi connectivity index (χ3n) is 4.59. The summed E-state index contributed by atoms with van der Waals surface area (Å²) in [5, 5.41) is 2.72. The summed E-state index contributed by atoms with van der Waals surface area (Å²) in [6, 6.07) is 5.89. The molecule has 1 aromatic rings. The van der Waals surface area contributed by atoms with Crippen molar-refractivity contribution in [2.45, 2.75) is 52.4 Å². The fourth-order valence-corrected chi connectivity index (χ4v) is 4.07. The van der Waals surface area contributed by atoms with Gasteiger partial charge in [0, 0.05) is 0 Å². The van der Waals surface area contributed by atoms with E-state index in [4.69, 9.17) is 0 Å². The minimum Gasteiger partial charge on any atom is -0.324 e. The average molecular weight is 339 g/mol. The Bertz CT molecular complexity index is 731. The number of anilines is 1. The van der Waals surface area contributed by atoms with Gasteiger partial charge in [0.2, 0.25) is 5.91 Å². The number of carbonyl (C=O) groups excluding carboxylic acids is 1. The maximum Gasteiger partial charge on any atom is 0.296 e. The van der Waals surface area contributed by atoms with Crippen LogP contribution < -0.4 is 5.32 Å². The van der Waals surface area contributed by atoms with Crippen molar-refractivity contribution >= 4 is 21.7 Å². The standard InChI is InChI=1S/C17H25NO4S/c1-15(2,3)10-17(11-16(17,4)5)14(19)18-12-8-6-7-9-13(12)23(20,21)22/h6-9H,10-11H2,1-5H3,(H,18,19)(H,20,21,22). The fourth-order valence-electron chi connectivity index (χ4n) is 3.42. The molecule has 1 atom stereocenters. The lowest BCUT2D eigenvalue weighted by Gasteiger charge is -2.28. The maximum absolute atomic E-state index is 12.9. The molecular weight excluding hydrogens is 314 g/mol. The quantitative estimate of drug-likeness (QED) is 0.819. The van der Waals surface area contributed by atoms with Gasteiger partial charge in [-0.15, -0.1) is 0 Å². The molecule has 1 saturated carbocycles. The Morgan fingerprint density at radius 1 is 1.26 bits per heavy atom. The molecule has 0 radical (unpaired) electrons. The van der Waals surface area contributed by atoms with Crippen LogP contribution in [0.4, 0.5) is 5.69 Å². The van der Waals surface area contributed by atoms with Crippen molar-refractivity contribution in [3.63, 3.8) is 0 Å². The number of carbonyl (C=O) groups is 1. The predicted molar refractivity (Wildman–Crippen MR) is 89.8 cm³/mol. The van der Waals surface area contributed by atoms with E-state index in [1.165, 1.54) is 18.2 Å². The summed E-state index contributed by atoms with van der Waals surface area (Å²) in [5.74, 6) is -0.187. The molecular formula is C17H25NO4S. The molecule has 1 aromatic carbocycles. The minimum absolute atomic E-state index is 0.0202. The first-order valence-corrected chi connectivity index (χ1v) is 9.11. The number of amides is 1. The Balaban J connectivity index is 2.33. The minimum atomic E-state index is -4.38. The number of nitrogens with one attached hydrogen (secondary N) is 1. The van der Waals surface area contributed by atoms with Crippen LogP contribution in [0.2, 0.25) is 0 Å². The van der Waals surface area contributed by atoms with Gasteiger partial charge in [-0.3, -0.25) is 9.35 Å². The van der Waals surface area contributed by atoms with Crippen molar-refractivity contribution in [2.75, 3.05) is 5.32 Å². The Morgan fingerprint density at radius 2 is 1.78 bits per heavy atom. The molecule has 5 nitrogen and oxygen atoms in total. The lowest BCUT2D eigenvalue weighted by Crippen LogP contribution is -2.32. The van der Waals surface area contributed by atoms with Gasteiger partial charge in [-0.05, 0) is 35.8 Å². The van der Waals surface area contributed by atoms with Crippen LogP contribution in [-0.2, 0) is 14.9 Å². The SMILES string of the molecule is CC(C)(C)CC1(C(=O)Nc2ccccc2S(=O)(=O)O)CC1(C)C. The zero-order valence-corrected chi connectivity index (χ0v) is 15.1. The first-order chi connectivity index (χ1) is 10.3. The van der Waals surface area contributed by atoms with E-state index >= 15 is 0 Å². The molecule has 1 aliphatic rings. The first kappa shape index (κ1) is 17.9. The maximum atomic E-state index is 12.9. The molecule has 128 valence electrons. The molecule has 1 amide bonds. The average Bonchev–Trinajstić information content (AvgIpc) is 2.88. The van der Waals surface area contributed by atoms with Crippen molar-refractivity contribution in [1.29, 1.82) is 0 Å². The van der Waals surface area contributed by atoms with Gasteiger partial charge in [0.15, 0.2) is 0 Å². The second kappa shape index (κ2) is 5.31. The Hall–Kier alpha value is -1.40. The van der Waals surface area contributed by atoms with Gasteiger partial charge >= 0.3 is 0 Å². The van der Waals surface area contributed by atoms with Gasteiger partial charge in [-0.2, -0.15) is 8.42 Å². The van der Waals surface area contributed by atoms with Gasteiger partial charge in [0.1, 0.15) is 4.90 Å². The summed E-state index contributed by atoms with van der Waals surface area (Å²) >= 11 is 0. The van der Waals surface area contributed by atoms with Crippen molar-refractivity contribution < 1.29 is 17.8 Å². The topological polar surface area (TPSA) is 83.5 Å². The number of hydrogen-bond acceptors (Lipinski definition) is 3. The molecule has 2 rings (SSSR count). The van der Waals surface area contributed by atoms with Crippen LogP contribution in [0.1, 0.15) is 47.5 Å². The summed E-state index contributed by atoms with van der Waals surface area (Å²) < 4.78 is 32.2. The zero-order chi connectivity index (χ0) is 17.7. The van der Waals surface area contributed by atoms with Crippen LogP contribution in [0.3, 0.4) is 0 Å². The summed E-state index contributed by atoms with van der Waals surface area (Å²) in [5.41, 5.74) is -0.543. The first-order valence-electron chi connectivity index (χ1n) is 7.67. The zero-order valence-electron chi connectivity index (χ0n) is 14.3. The van der Waals surface area contributed by atoms with Crippen molar-refractivity contribution in [1.82, 2.24) is 0 Å². The van der Waals surface area contributed by atoms with E-state index in [2.05, 4.69) is 26.1 Å². The van der Waals surface area contributed by atoms with E-state index in [1.807, 2.05) is 13.8 Å². The third-order valence-corrected chi connectivity index (χ3v) is 5.51. The van der Waals surface area contributed by atoms with Crippen molar-refractivity contribution in [3.05, 3.63) is 24.3 Å². The lowest BCUT2D eigenvalue weighted by atomic mass is 9.78. The van der Waals surface area contributed by atoms with Gasteiger partial charge < -0.3 is 5.32 Å². The number of hydrogen-bond donors (Lipinski definition) is 2. The monoisotopic (exact) mass is 339 g/mol. The predicted octanol–water partition coefficient (Wildman–Crippen LogP) is 3.72. The van der Waals surface area contributed by atoms with E-state index in [9.17, 15) is 17.8 Å². The Morgan fingerprint density at radius 3 is 2.22 bits per heavy atom.